The Morgan fingerprint density at radius 1 is 1.41 bits per heavy atom. The van der Waals surface area contributed by atoms with Crippen LogP contribution in [0.1, 0.15) is 25.7 Å². The Bertz CT molecular complexity index is 304. The van der Waals surface area contributed by atoms with Crippen LogP contribution in [0.3, 0.4) is 0 Å². The first-order valence-corrected chi connectivity index (χ1v) is 5.93. The second-order valence-corrected chi connectivity index (χ2v) is 4.46. The van der Waals surface area contributed by atoms with Crippen LogP contribution in [0.25, 0.3) is 0 Å². The van der Waals surface area contributed by atoms with E-state index in [-0.39, 0.29) is 31.0 Å². The molecule has 0 bridgehead atoms. The van der Waals surface area contributed by atoms with Crippen molar-refractivity contribution in [2.24, 2.45) is 11.7 Å². The third-order valence-electron chi connectivity index (χ3n) is 3.12. The summed E-state index contributed by atoms with van der Waals surface area (Å²) in [4.78, 5) is 24.2. The van der Waals surface area contributed by atoms with E-state index in [9.17, 15) is 9.59 Å². The van der Waals surface area contributed by atoms with Crippen molar-refractivity contribution in [2.45, 2.75) is 31.7 Å². The molecular formula is C12H20N2O3. The predicted octanol–water partition coefficient (Wildman–Crippen LogP) is 0.603. The first kappa shape index (κ1) is 13.7. The molecule has 0 radical (unpaired) electrons. The van der Waals surface area contributed by atoms with Gasteiger partial charge in [-0.1, -0.05) is 18.9 Å². The average molecular weight is 240 g/mol. The third kappa shape index (κ3) is 3.85. The minimum Gasteiger partial charge on any atom is -0.480 e. The monoisotopic (exact) mass is 240 g/mol. The molecule has 0 aromatic carbocycles. The van der Waals surface area contributed by atoms with Gasteiger partial charge in [-0.2, -0.15) is 0 Å². The average Bonchev–Trinajstić information content (AvgIpc) is 2.28. The molecule has 1 rings (SSSR count). The molecule has 3 N–H and O–H groups in total. The number of rotatable bonds is 5. The summed E-state index contributed by atoms with van der Waals surface area (Å²) in [5, 5.41) is 8.76. The van der Waals surface area contributed by atoms with E-state index in [1.54, 1.807) is 0 Å². The maximum Gasteiger partial charge on any atom is 0.323 e. The van der Waals surface area contributed by atoms with Crippen molar-refractivity contribution < 1.29 is 14.7 Å². The zero-order chi connectivity index (χ0) is 12.8. The number of nitrogens with zero attached hydrogens (tertiary/aromatic N) is 1. The summed E-state index contributed by atoms with van der Waals surface area (Å²) in [5.41, 5.74) is 5.92. The standard InChI is InChI=1S/C12H20N2O3/c1-2-7-14(8-11(15)16)12(17)9-5-3-4-6-10(9)13/h2,9-10H,1,3-8,13H2,(H,15,16). The van der Waals surface area contributed by atoms with E-state index in [1.807, 2.05) is 0 Å². The second-order valence-electron chi connectivity index (χ2n) is 4.46. The van der Waals surface area contributed by atoms with Crippen molar-refractivity contribution in [1.82, 2.24) is 4.90 Å². The number of carbonyl (C=O) groups is 2. The van der Waals surface area contributed by atoms with Gasteiger partial charge in [-0.15, -0.1) is 6.58 Å². The van der Waals surface area contributed by atoms with Crippen molar-refractivity contribution >= 4 is 11.9 Å². The first-order chi connectivity index (χ1) is 8.06. The Hall–Kier alpha value is -1.36. The number of carboxylic acid groups (broad SMARTS) is 1. The Morgan fingerprint density at radius 3 is 2.59 bits per heavy atom. The molecule has 1 saturated carbocycles. The highest BCUT2D eigenvalue weighted by Gasteiger charge is 2.31. The molecule has 1 aliphatic rings. The van der Waals surface area contributed by atoms with E-state index >= 15 is 0 Å². The topological polar surface area (TPSA) is 83.6 Å². The highest BCUT2D eigenvalue weighted by Crippen LogP contribution is 2.24. The normalized spacial score (nSPS) is 24.1. The van der Waals surface area contributed by atoms with Crippen LogP contribution in [0.15, 0.2) is 12.7 Å². The van der Waals surface area contributed by atoms with E-state index < -0.39 is 5.97 Å². The van der Waals surface area contributed by atoms with Gasteiger partial charge >= 0.3 is 5.97 Å². The number of carboxylic acids is 1. The van der Waals surface area contributed by atoms with Crippen molar-refractivity contribution in [3.05, 3.63) is 12.7 Å². The number of aliphatic carboxylic acids is 1. The zero-order valence-corrected chi connectivity index (χ0v) is 9.97. The lowest BCUT2D eigenvalue weighted by molar-refractivity contribution is -0.146. The number of amides is 1. The van der Waals surface area contributed by atoms with Crippen molar-refractivity contribution in [1.29, 1.82) is 0 Å². The van der Waals surface area contributed by atoms with Gasteiger partial charge in [0.25, 0.3) is 0 Å². The lowest BCUT2D eigenvalue weighted by Gasteiger charge is -2.31. The van der Waals surface area contributed by atoms with Crippen LogP contribution in [0.2, 0.25) is 0 Å². The summed E-state index contributed by atoms with van der Waals surface area (Å²) in [7, 11) is 0. The highest BCUT2D eigenvalue weighted by atomic mass is 16.4. The largest absolute Gasteiger partial charge is 0.480 e. The third-order valence-corrected chi connectivity index (χ3v) is 3.12. The lowest BCUT2D eigenvalue weighted by Crippen LogP contribution is -2.47. The van der Waals surface area contributed by atoms with Crippen molar-refractivity contribution in [3.8, 4) is 0 Å². The van der Waals surface area contributed by atoms with Gasteiger partial charge in [0.2, 0.25) is 5.91 Å². The van der Waals surface area contributed by atoms with Crippen LogP contribution in [0, 0.1) is 5.92 Å². The summed E-state index contributed by atoms with van der Waals surface area (Å²) >= 11 is 0. The fraction of sp³-hybridized carbons (Fsp3) is 0.667. The molecule has 5 nitrogen and oxygen atoms in total. The molecule has 96 valence electrons. The number of nitrogens with two attached hydrogens (primary N) is 1. The van der Waals surface area contributed by atoms with Crippen LogP contribution in [-0.2, 0) is 9.59 Å². The molecule has 0 aromatic rings. The quantitative estimate of drug-likeness (QED) is 0.689. The summed E-state index contributed by atoms with van der Waals surface area (Å²) in [6.45, 7) is 3.51. The highest BCUT2D eigenvalue weighted by molar-refractivity contribution is 5.83. The van der Waals surface area contributed by atoms with Gasteiger partial charge in [0.15, 0.2) is 0 Å². The molecule has 0 aliphatic heterocycles. The van der Waals surface area contributed by atoms with Gasteiger partial charge in [0.1, 0.15) is 6.54 Å². The van der Waals surface area contributed by atoms with Crippen molar-refractivity contribution in [2.75, 3.05) is 13.1 Å². The molecule has 2 unspecified atom stereocenters. The minimum absolute atomic E-state index is 0.141. The summed E-state index contributed by atoms with van der Waals surface area (Å²) < 4.78 is 0. The lowest BCUT2D eigenvalue weighted by atomic mass is 9.84. The van der Waals surface area contributed by atoms with Crippen LogP contribution in [0.4, 0.5) is 0 Å². The minimum atomic E-state index is -1.01. The SMILES string of the molecule is C=CCN(CC(=O)O)C(=O)C1CCCCC1N. The van der Waals surface area contributed by atoms with Gasteiger partial charge in [-0.3, -0.25) is 9.59 Å². The molecule has 0 heterocycles. The maximum atomic E-state index is 12.2. The number of hydrogen-bond donors (Lipinski definition) is 2. The van der Waals surface area contributed by atoms with Gasteiger partial charge in [0.05, 0.1) is 5.92 Å². The molecule has 17 heavy (non-hydrogen) atoms. The first-order valence-electron chi connectivity index (χ1n) is 5.93. The smallest absolute Gasteiger partial charge is 0.323 e. The summed E-state index contributed by atoms with van der Waals surface area (Å²) in [6, 6.07) is -0.141. The van der Waals surface area contributed by atoms with E-state index in [4.69, 9.17) is 10.8 Å². The second kappa shape index (κ2) is 6.39. The van der Waals surface area contributed by atoms with Crippen LogP contribution in [-0.4, -0.2) is 41.0 Å². The summed E-state index contributed by atoms with van der Waals surface area (Å²) in [5.74, 6) is -1.40. The van der Waals surface area contributed by atoms with Gasteiger partial charge in [-0.25, -0.2) is 0 Å². The molecule has 0 spiro atoms. The summed E-state index contributed by atoms with van der Waals surface area (Å²) in [6.07, 6.45) is 5.16. The maximum absolute atomic E-state index is 12.2. The van der Waals surface area contributed by atoms with E-state index in [1.165, 1.54) is 11.0 Å². The predicted molar refractivity (Wildman–Crippen MR) is 64.3 cm³/mol. The Morgan fingerprint density at radius 2 is 2.06 bits per heavy atom. The number of hydrogen-bond acceptors (Lipinski definition) is 3. The van der Waals surface area contributed by atoms with E-state index in [2.05, 4.69) is 6.58 Å². The molecular weight excluding hydrogens is 220 g/mol. The Kier molecular flexibility index (Phi) is 5.15. The molecule has 2 atom stereocenters. The molecule has 0 saturated heterocycles. The van der Waals surface area contributed by atoms with Crippen LogP contribution in [0.5, 0.6) is 0 Å². The molecule has 0 aromatic heterocycles. The molecule has 1 amide bonds. The van der Waals surface area contributed by atoms with E-state index in [0.29, 0.717) is 0 Å². The van der Waals surface area contributed by atoms with Crippen LogP contribution >= 0.6 is 0 Å². The fourth-order valence-electron chi connectivity index (χ4n) is 2.25. The number of carbonyl (C=O) groups excluding carboxylic acids is 1. The van der Waals surface area contributed by atoms with Gasteiger partial charge in [-0.05, 0) is 12.8 Å². The van der Waals surface area contributed by atoms with Gasteiger partial charge < -0.3 is 15.7 Å². The molecule has 1 fully saturated rings. The Balaban J connectivity index is 2.68. The fourth-order valence-corrected chi connectivity index (χ4v) is 2.25. The van der Waals surface area contributed by atoms with Crippen LogP contribution < -0.4 is 5.73 Å². The molecule has 5 heteroatoms. The molecule has 1 aliphatic carbocycles. The van der Waals surface area contributed by atoms with Gasteiger partial charge in [0, 0.05) is 12.6 Å². The van der Waals surface area contributed by atoms with Crippen molar-refractivity contribution in [3.63, 3.8) is 0 Å². The zero-order valence-electron chi connectivity index (χ0n) is 9.97. The van der Waals surface area contributed by atoms with E-state index in [0.717, 1.165) is 25.7 Å². The Labute approximate surface area is 101 Å².